The highest BCUT2D eigenvalue weighted by Crippen LogP contribution is 2.29. The number of carbonyl (C=O) groups excluding carboxylic acids is 4. The van der Waals surface area contributed by atoms with Gasteiger partial charge in [0.15, 0.2) is 0 Å². The number of pyridine rings is 1. The molecule has 1 aromatic heterocycles. The van der Waals surface area contributed by atoms with Crippen molar-refractivity contribution in [1.82, 2.24) is 15.2 Å². The normalized spacial score (nSPS) is 19.4. The number of aromatic nitrogens is 1. The Hall–Kier alpha value is -3.82. The topological polar surface area (TPSA) is 154 Å². The fourth-order valence-electron chi connectivity index (χ4n) is 3.34. The van der Waals surface area contributed by atoms with Gasteiger partial charge in [0.1, 0.15) is 11.6 Å². The number of hydrogen-bond acceptors (Lipinski definition) is 6. The maximum Gasteiger partial charge on any atom is 0.341 e. The van der Waals surface area contributed by atoms with Gasteiger partial charge in [-0.3, -0.25) is 34.2 Å². The first kappa shape index (κ1) is 16.6. The SMILES string of the molecule is O=C1CCC(N2C(=O)c3cc4[nH]cc(C(=O)O)c(=O)c4cc3C2=O)C(=O)N1. The highest BCUT2D eigenvalue weighted by atomic mass is 16.4. The molecule has 1 unspecified atom stereocenters. The summed E-state index contributed by atoms with van der Waals surface area (Å²) >= 11 is 0. The second-order valence-corrected chi connectivity index (χ2v) is 6.23. The Balaban J connectivity index is 1.83. The van der Waals surface area contributed by atoms with E-state index in [1.165, 1.54) is 6.07 Å². The van der Waals surface area contributed by atoms with Crippen molar-refractivity contribution in [2.45, 2.75) is 18.9 Å². The predicted molar refractivity (Wildman–Crippen MR) is 88.2 cm³/mol. The van der Waals surface area contributed by atoms with Crippen LogP contribution in [-0.2, 0) is 9.59 Å². The van der Waals surface area contributed by atoms with Gasteiger partial charge in [0.25, 0.3) is 11.8 Å². The Morgan fingerprint density at radius 3 is 2.37 bits per heavy atom. The van der Waals surface area contributed by atoms with Crippen molar-refractivity contribution in [2.24, 2.45) is 0 Å². The van der Waals surface area contributed by atoms with Crippen LogP contribution in [0, 0.1) is 0 Å². The highest BCUT2D eigenvalue weighted by Gasteiger charge is 2.44. The van der Waals surface area contributed by atoms with Crippen LogP contribution in [0.1, 0.15) is 43.9 Å². The van der Waals surface area contributed by atoms with Crippen LogP contribution < -0.4 is 10.7 Å². The van der Waals surface area contributed by atoms with Crippen LogP contribution in [0.5, 0.6) is 0 Å². The van der Waals surface area contributed by atoms with E-state index in [2.05, 4.69) is 10.3 Å². The first-order valence-corrected chi connectivity index (χ1v) is 7.94. The van der Waals surface area contributed by atoms with Gasteiger partial charge in [-0.1, -0.05) is 0 Å². The molecule has 3 heterocycles. The number of benzene rings is 1. The van der Waals surface area contributed by atoms with E-state index in [1.54, 1.807) is 0 Å². The fraction of sp³-hybridized carbons (Fsp3) is 0.176. The molecule has 0 saturated carbocycles. The summed E-state index contributed by atoms with van der Waals surface area (Å²) in [7, 11) is 0. The van der Waals surface area contributed by atoms with Crippen LogP contribution in [0.15, 0.2) is 23.1 Å². The third-order valence-electron chi connectivity index (χ3n) is 4.67. The van der Waals surface area contributed by atoms with Gasteiger partial charge in [-0.15, -0.1) is 0 Å². The summed E-state index contributed by atoms with van der Waals surface area (Å²) in [5.74, 6) is -4.13. The van der Waals surface area contributed by atoms with Gasteiger partial charge in [0.2, 0.25) is 17.2 Å². The average Bonchev–Trinajstić information content (AvgIpc) is 2.85. The number of piperidine rings is 1. The molecule has 136 valence electrons. The van der Waals surface area contributed by atoms with Gasteiger partial charge in [-0.25, -0.2) is 4.79 Å². The molecule has 2 aliphatic heterocycles. The zero-order chi connectivity index (χ0) is 19.5. The van der Waals surface area contributed by atoms with Crippen LogP contribution in [0.25, 0.3) is 10.9 Å². The van der Waals surface area contributed by atoms with Gasteiger partial charge >= 0.3 is 5.97 Å². The average molecular weight is 369 g/mol. The zero-order valence-corrected chi connectivity index (χ0v) is 13.6. The molecule has 4 amide bonds. The fourth-order valence-corrected chi connectivity index (χ4v) is 3.34. The molecule has 10 nitrogen and oxygen atoms in total. The number of rotatable bonds is 2. The molecule has 4 rings (SSSR count). The summed E-state index contributed by atoms with van der Waals surface area (Å²) in [6.07, 6.45) is 1.02. The van der Waals surface area contributed by atoms with Crippen molar-refractivity contribution in [1.29, 1.82) is 0 Å². The number of carboxylic acids is 1. The Kier molecular flexibility index (Phi) is 3.45. The van der Waals surface area contributed by atoms with Crippen molar-refractivity contribution in [3.05, 3.63) is 45.2 Å². The number of imide groups is 2. The van der Waals surface area contributed by atoms with Crippen molar-refractivity contribution >= 4 is 40.5 Å². The van der Waals surface area contributed by atoms with E-state index in [4.69, 9.17) is 5.11 Å². The summed E-state index contributed by atoms with van der Waals surface area (Å²) in [6, 6.07) is 1.31. The quantitative estimate of drug-likeness (QED) is 0.610. The smallest absolute Gasteiger partial charge is 0.341 e. The standard InChI is InChI=1S/C17H11N3O7/c21-12-2-1-11(14(23)19-12)20-15(24)6-3-8-10(4-7(6)16(20)25)18-5-9(13(8)22)17(26)27/h3-5,11H,1-2H2,(H,18,22)(H,26,27)(H,19,21,23). The Bertz CT molecular complexity index is 1150. The third-order valence-corrected chi connectivity index (χ3v) is 4.67. The molecule has 1 aromatic carbocycles. The Morgan fingerprint density at radius 2 is 1.74 bits per heavy atom. The Morgan fingerprint density at radius 1 is 1.07 bits per heavy atom. The molecule has 1 fully saturated rings. The van der Waals surface area contributed by atoms with E-state index in [9.17, 15) is 28.8 Å². The molecular weight excluding hydrogens is 358 g/mol. The third kappa shape index (κ3) is 2.34. The number of aromatic amines is 1. The van der Waals surface area contributed by atoms with Gasteiger partial charge < -0.3 is 10.1 Å². The first-order chi connectivity index (χ1) is 12.8. The summed E-state index contributed by atoms with van der Waals surface area (Å²) in [6.45, 7) is 0. The van der Waals surface area contributed by atoms with E-state index in [0.29, 0.717) is 0 Å². The summed E-state index contributed by atoms with van der Waals surface area (Å²) in [4.78, 5) is 75.6. The molecule has 2 aliphatic rings. The van der Waals surface area contributed by atoms with E-state index in [0.717, 1.165) is 17.2 Å². The lowest BCUT2D eigenvalue weighted by atomic mass is 10.0. The second-order valence-electron chi connectivity index (χ2n) is 6.23. The zero-order valence-electron chi connectivity index (χ0n) is 13.6. The minimum atomic E-state index is -1.42. The van der Waals surface area contributed by atoms with E-state index in [1.807, 2.05) is 0 Å². The van der Waals surface area contributed by atoms with E-state index >= 15 is 0 Å². The van der Waals surface area contributed by atoms with Gasteiger partial charge in [-0.05, 0) is 18.6 Å². The van der Waals surface area contributed by atoms with Crippen LogP contribution in [-0.4, -0.2) is 50.6 Å². The molecule has 10 heteroatoms. The van der Waals surface area contributed by atoms with E-state index < -0.39 is 46.6 Å². The minimum absolute atomic E-state index is 0.00377. The number of carboxylic acid groups (broad SMARTS) is 1. The minimum Gasteiger partial charge on any atom is -0.477 e. The molecule has 0 aliphatic carbocycles. The van der Waals surface area contributed by atoms with Crippen LogP contribution in [0.3, 0.4) is 0 Å². The number of amides is 4. The number of nitrogens with one attached hydrogen (secondary N) is 2. The molecule has 27 heavy (non-hydrogen) atoms. The lowest BCUT2D eigenvalue weighted by Gasteiger charge is -2.27. The number of H-pyrrole nitrogens is 1. The molecule has 3 N–H and O–H groups in total. The molecule has 0 bridgehead atoms. The molecule has 0 radical (unpaired) electrons. The van der Waals surface area contributed by atoms with Crippen molar-refractivity contribution < 1.29 is 29.1 Å². The molecule has 0 spiro atoms. The monoisotopic (exact) mass is 369 g/mol. The highest BCUT2D eigenvalue weighted by molar-refractivity contribution is 6.24. The molecule has 1 atom stereocenters. The number of nitrogens with zero attached hydrogens (tertiary/aromatic N) is 1. The van der Waals surface area contributed by atoms with Crippen molar-refractivity contribution in [3.8, 4) is 0 Å². The summed E-state index contributed by atoms with van der Waals surface area (Å²) in [5.41, 5.74) is -1.20. The van der Waals surface area contributed by atoms with E-state index in [-0.39, 0.29) is 34.9 Å². The second kappa shape index (κ2) is 5.59. The van der Waals surface area contributed by atoms with Crippen LogP contribution >= 0.6 is 0 Å². The van der Waals surface area contributed by atoms with Gasteiger partial charge in [-0.2, -0.15) is 0 Å². The van der Waals surface area contributed by atoms with Crippen LogP contribution in [0.4, 0.5) is 0 Å². The van der Waals surface area contributed by atoms with Gasteiger partial charge in [0, 0.05) is 18.0 Å². The number of carbonyl (C=O) groups is 5. The van der Waals surface area contributed by atoms with Crippen molar-refractivity contribution in [2.75, 3.05) is 0 Å². The maximum absolute atomic E-state index is 12.7. The summed E-state index contributed by atoms with van der Waals surface area (Å²) in [5, 5.41) is 11.1. The number of hydrogen-bond donors (Lipinski definition) is 3. The van der Waals surface area contributed by atoms with Gasteiger partial charge in [0.05, 0.1) is 16.6 Å². The van der Waals surface area contributed by atoms with Crippen LogP contribution in [0.2, 0.25) is 0 Å². The lowest BCUT2D eigenvalue weighted by molar-refractivity contribution is -0.136. The lowest BCUT2D eigenvalue weighted by Crippen LogP contribution is -2.54. The molecule has 2 aromatic rings. The predicted octanol–water partition coefficient (Wildman–Crippen LogP) is -0.372. The number of fused-ring (bicyclic) bond motifs is 2. The maximum atomic E-state index is 12.7. The molecular formula is C17H11N3O7. The number of aromatic carboxylic acids is 1. The molecule has 1 saturated heterocycles. The van der Waals surface area contributed by atoms with Crippen molar-refractivity contribution in [3.63, 3.8) is 0 Å². The first-order valence-electron chi connectivity index (χ1n) is 7.94. The Labute approximate surface area is 149 Å². The summed E-state index contributed by atoms with van der Waals surface area (Å²) < 4.78 is 0. The largest absolute Gasteiger partial charge is 0.477 e.